The summed E-state index contributed by atoms with van der Waals surface area (Å²) in [5.74, 6) is 0.357. The summed E-state index contributed by atoms with van der Waals surface area (Å²) >= 11 is 6.05. The third-order valence-electron chi connectivity index (χ3n) is 4.22. The number of carbonyl (C=O) groups excluding carboxylic acids is 1. The van der Waals surface area contributed by atoms with E-state index < -0.39 is 16.7 Å². The number of carbonyl (C=O) groups is 1. The summed E-state index contributed by atoms with van der Waals surface area (Å²) < 4.78 is 7.64. The molecule has 3 rings (SSSR count). The minimum absolute atomic E-state index is 0.00700. The van der Waals surface area contributed by atoms with Crippen LogP contribution in [0.25, 0.3) is 10.9 Å². The van der Waals surface area contributed by atoms with E-state index >= 15 is 0 Å². The normalized spacial score (nSPS) is 11.8. The number of Topliss-reactive ketones (excluding diaryl/α,β-unsaturated/α-hetero) is 1. The number of hydrogen-bond acceptors (Lipinski definition) is 4. The topological polar surface area (TPSA) is 74.2 Å². The van der Waals surface area contributed by atoms with Crippen molar-refractivity contribution in [3.05, 3.63) is 68.2 Å². The minimum Gasteiger partial charge on any atom is -0.467 e. The van der Waals surface area contributed by atoms with Crippen molar-refractivity contribution in [2.75, 3.05) is 0 Å². The largest absolute Gasteiger partial charge is 0.467 e. The molecule has 7 heteroatoms. The molecule has 0 aliphatic rings. The number of benzene rings is 1. The van der Waals surface area contributed by atoms with Gasteiger partial charge in [-0.05, 0) is 30.3 Å². The van der Waals surface area contributed by atoms with Crippen molar-refractivity contribution in [3.8, 4) is 0 Å². The molecule has 0 radical (unpaired) electrons. The smallest absolute Gasteiger partial charge is 0.332 e. The van der Waals surface area contributed by atoms with E-state index in [1.165, 1.54) is 16.9 Å². The maximum atomic E-state index is 13.0. The molecule has 0 spiro atoms. The van der Waals surface area contributed by atoms with Crippen molar-refractivity contribution in [1.82, 2.24) is 9.13 Å². The molecular weight excluding hydrogens is 356 g/mol. The summed E-state index contributed by atoms with van der Waals surface area (Å²) in [6, 6.07) is 8.05. The molecule has 0 amide bonds. The molecule has 3 aromatic rings. The van der Waals surface area contributed by atoms with Crippen LogP contribution in [0.2, 0.25) is 5.02 Å². The monoisotopic (exact) mass is 374 g/mol. The molecule has 0 atom stereocenters. The highest BCUT2D eigenvalue weighted by Crippen LogP contribution is 2.19. The van der Waals surface area contributed by atoms with E-state index in [1.54, 1.807) is 45.0 Å². The molecule has 1 aromatic carbocycles. The number of nitrogens with zero attached hydrogens (tertiary/aromatic N) is 2. The van der Waals surface area contributed by atoms with Crippen LogP contribution < -0.4 is 11.2 Å². The zero-order valence-corrected chi connectivity index (χ0v) is 15.5. The van der Waals surface area contributed by atoms with E-state index in [1.807, 2.05) is 0 Å². The van der Waals surface area contributed by atoms with Gasteiger partial charge in [-0.1, -0.05) is 32.4 Å². The second-order valence-corrected chi connectivity index (χ2v) is 7.61. The summed E-state index contributed by atoms with van der Waals surface area (Å²) in [6.07, 6.45) is 1.48. The van der Waals surface area contributed by atoms with Gasteiger partial charge in [0.1, 0.15) is 5.76 Å². The molecule has 2 aromatic heterocycles. The Labute approximate surface area is 154 Å². The molecule has 0 unspecified atom stereocenters. The van der Waals surface area contributed by atoms with Crippen molar-refractivity contribution in [1.29, 1.82) is 0 Å². The number of rotatable bonds is 4. The van der Waals surface area contributed by atoms with E-state index in [0.29, 0.717) is 21.7 Å². The lowest BCUT2D eigenvalue weighted by Crippen LogP contribution is -2.42. The Morgan fingerprint density at radius 1 is 1.15 bits per heavy atom. The molecule has 0 aliphatic carbocycles. The molecule has 0 saturated carbocycles. The maximum Gasteiger partial charge on any atom is 0.332 e. The number of hydrogen-bond donors (Lipinski definition) is 0. The van der Waals surface area contributed by atoms with E-state index in [2.05, 4.69) is 0 Å². The lowest BCUT2D eigenvalue weighted by atomic mass is 9.91. The fourth-order valence-corrected chi connectivity index (χ4v) is 2.79. The first-order chi connectivity index (χ1) is 12.2. The third kappa shape index (κ3) is 3.37. The minimum atomic E-state index is -0.619. The molecule has 6 nitrogen and oxygen atoms in total. The SMILES string of the molecule is CC(C)(C)C(=O)Cn1c(=O)n(Cc2ccco2)c(=O)c2ccc(Cl)cc21. The van der Waals surface area contributed by atoms with Crippen molar-refractivity contribution < 1.29 is 9.21 Å². The van der Waals surface area contributed by atoms with Gasteiger partial charge in [-0.15, -0.1) is 0 Å². The lowest BCUT2D eigenvalue weighted by Gasteiger charge is -2.19. The van der Waals surface area contributed by atoms with Gasteiger partial charge in [0.2, 0.25) is 0 Å². The fraction of sp³-hybridized carbons (Fsp3) is 0.316. The first-order valence-electron chi connectivity index (χ1n) is 8.17. The summed E-state index contributed by atoms with van der Waals surface area (Å²) in [7, 11) is 0. The molecule has 0 N–H and O–H groups in total. The Bertz CT molecular complexity index is 1090. The van der Waals surface area contributed by atoms with Crippen LogP contribution in [0.3, 0.4) is 0 Å². The van der Waals surface area contributed by atoms with Crippen LogP contribution >= 0.6 is 11.6 Å². The Morgan fingerprint density at radius 2 is 1.88 bits per heavy atom. The van der Waals surface area contributed by atoms with E-state index in [0.717, 1.165) is 4.57 Å². The van der Waals surface area contributed by atoms with Gasteiger partial charge in [0.15, 0.2) is 5.78 Å². The predicted octanol–water partition coefficient (Wildman–Crippen LogP) is 3.07. The van der Waals surface area contributed by atoms with Crippen LogP contribution in [-0.4, -0.2) is 14.9 Å². The van der Waals surface area contributed by atoms with Gasteiger partial charge >= 0.3 is 5.69 Å². The molecule has 0 bridgehead atoms. The molecule has 0 saturated heterocycles. The number of fused-ring (bicyclic) bond motifs is 1. The van der Waals surface area contributed by atoms with Crippen LogP contribution in [0.5, 0.6) is 0 Å². The van der Waals surface area contributed by atoms with Crippen LogP contribution in [-0.2, 0) is 17.9 Å². The highest BCUT2D eigenvalue weighted by atomic mass is 35.5. The van der Waals surface area contributed by atoms with Gasteiger partial charge in [0.25, 0.3) is 5.56 Å². The molecule has 2 heterocycles. The van der Waals surface area contributed by atoms with Crippen molar-refractivity contribution in [2.24, 2.45) is 5.41 Å². The first-order valence-corrected chi connectivity index (χ1v) is 8.55. The number of furan rings is 1. The fourth-order valence-electron chi connectivity index (χ4n) is 2.62. The van der Waals surface area contributed by atoms with Gasteiger partial charge in [-0.25, -0.2) is 4.79 Å². The van der Waals surface area contributed by atoms with Crippen molar-refractivity contribution in [3.63, 3.8) is 0 Å². The molecule has 0 fully saturated rings. The standard InChI is InChI=1S/C19H19ClN2O4/c1-19(2,3)16(23)11-21-15-9-12(20)6-7-14(15)17(24)22(18(21)25)10-13-5-4-8-26-13/h4-9H,10-11H2,1-3H3. The summed E-state index contributed by atoms with van der Waals surface area (Å²) in [4.78, 5) is 38.3. The predicted molar refractivity (Wildman–Crippen MR) is 99.8 cm³/mol. The average Bonchev–Trinajstić information content (AvgIpc) is 3.07. The average molecular weight is 375 g/mol. The number of aromatic nitrogens is 2. The molecular formula is C19H19ClN2O4. The third-order valence-corrected chi connectivity index (χ3v) is 4.46. The van der Waals surface area contributed by atoms with Crippen LogP contribution in [0.15, 0.2) is 50.6 Å². The Morgan fingerprint density at radius 3 is 2.50 bits per heavy atom. The zero-order valence-electron chi connectivity index (χ0n) is 14.8. The highest BCUT2D eigenvalue weighted by Gasteiger charge is 2.24. The summed E-state index contributed by atoms with van der Waals surface area (Å²) in [6.45, 7) is 5.21. The van der Waals surface area contributed by atoms with Gasteiger partial charge in [0.05, 0.1) is 30.3 Å². The van der Waals surface area contributed by atoms with E-state index in [9.17, 15) is 14.4 Å². The molecule has 26 heavy (non-hydrogen) atoms. The second-order valence-electron chi connectivity index (χ2n) is 7.17. The second kappa shape index (κ2) is 6.61. The Balaban J connectivity index is 2.26. The van der Waals surface area contributed by atoms with Gasteiger partial charge in [-0.3, -0.25) is 18.7 Å². The highest BCUT2D eigenvalue weighted by molar-refractivity contribution is 6.31. The zero-order chi connectivity index (χ0) is 19.1. The summed E-state index contributed by atoms with van der Waals surface area (Å²) in [5.41, 5.74) is -1.29. The Kier molecular flexibility index (Phi) is 4.63. The maximum absolute atomic E-state index is 13.0. The Hall–Kier alpha value is -2.60. The molecule has 0 aliphatic heterocycles. The number of halogens is 1. The van der Waals surface area contributed by atoms with Gasteiger partial charge in [-0.2, -0.15) is 0 Å². The van der Waals surface area contributed by atoms with Crippen molar-refractivity contribution in [2.45, 2.75) is 33.9 Å². The van der Waals surface area contributed by atoms with E-state index in [4.69, 9.17) is 16.0 Å². The van der Waals surface area contributed by atoms with Crippen LogP contribution in [0.1, 0.15) is 26.5 Å². The summed E-state index contributed by atoms with van der Waals surface area (Å²) in [5, 5.41) is 0.708. The quantitative estimate of drug-likeness (QED) is 0.703. The first kappa shape index (κ1) is 18.2. The number of ketones is 1. The van der Waals surface area contributed by atoms with E-state index in [-0.39, 0.29) is 18.9 Å². The van der Waals surface area contributed by atoms with Crippen molar-refractivity contribution >= 4 is 28.3 Å². The van der Waals surface area contributed by atoms with Crippen LogP contribution in [0.4, 0.5) is 0 Å². The van der Waals surface area contributed by atoms with Gasteiger partial charge < -0.3 is 4.42 Å². The van der Waals surface area contributed by atoms with Crippen LogP contribution in [0, 0.1) is 5.41 Å². The molecule has 136 valence electrons. The lowest BCUT2D eigenvalue weighted by molar-refractivity contribution is -0.126. The van der Waals surface area contributed by atoms with Gasteiger partial charge in [0, 0.05) is 10.4 Å².